The van der Waals surface area contributed by atoms with Crippen LogP contribution < -0.4 is 15.5 Å². The van der Waals surface area contributed by atoms with E-state index in [4.69, 9.17) is 29.6 Å². The zero-order valence-corrected chi connectivity index (χ0v) is 32.8. The second-order valence-corrected chi connectivity index (χ2v) is 20.0. The van der Waals surface area contributed by atoms with Gasteiger partial charge in [0.05, 0.1) is 24.5 Å². The molecule has 0 radical (unpaired) electrons. The highest BCUT2D eigenvalue weighted by molar-refractivity contribution is 6.74. The third-order valence-corrected chi connectivity index (χ3v) is 14.8. The normalized spacial score (nSPS) is 13.7. The second kappa shape index (κ2) is 14.7. The van der Waals surface area contributed by atoms with Gasteiger partial charge in [-0.2, -0.15) is 0 Å². The summed E-state index contributed by atoms with van der Waals surface area (Å²) in [6.07, 6.45) is 3.06. The summed E-state index contributed by atoms with van der Waals surface area (Å²) in [5, 5.41) is 3.58. The van der Waals surface area contributed by atoms with Gasteiger partial charge < -0.3 is 25.0 Å². The molecule has 3 aromatic carbocycles. The molecule has 1 aliphatic heterocycles. The predicted octanol–water partition coefficient (Wildman–Crippen LogP) is 9.84. The maximum absolute atomic E-state index is 6.76. The number of nitrogens with two attached hydrogens (primary N) is 1. The van der Waals surface area contributed by atoms with Crippen LogP contribution in [0.3, 0.4) is 0 Å². The standard InChI is InChI=1S/C44H45N7O3Si/c1-44(2,3)55(4,5)54-38-20-15-31(26-35(38)43-52-24-25-53-43)32-21-23-46-39(27-32)48-28-29-13-16-33(17-14-29)51-41(34-12-9-22-47-40(34)45)50-37-19-18-36(49-42(37)51)30-10-7-6-8-11-30/h6-23,26-27,43H,24-25,28H2,1-5H3,(H2,45,47)(H,46,48). The Bertz CT molecular complexity index is 2460. The fourth-order valence-corrected chi connectivity index (χ4v) is 7.43. The monoisotopic (exact) mass is 747 g/mol. The van der Waals surface area contributed by atoms with E-state index in [0.717, 1.165) is 67.5 Å². The zero-order chi connectivity index (χ0) is 38.2. The van der Waals surface area contributed by atoms with Crippen molar-refractivity contribution in [2.24, 2.45) is 0 Å². The molecule has 4 aromatic heterocycles. The fourth-order valence-electron chi connectivity index (χ4n) is 6.39. The molecule has 11 heteroatoms. The number of anilines is 2. The number of benzene rings is 3. The van der Waals surface area contributed by atoms with Crippen LogP contribution in [-0.2, 0) is 16.0 Å². The van der Waals surface area contributed by atoms with E-state index in [1.54, 1.807) is 6.20 Å². The summed E-state index contributed by atoms with van der Waals surface area (Å²) < 4.78 is 20.7. The molecule has 0 amide bonds. The highest BCUT2D eigenvalue weighted by Gasteiger charge is 2.40. The van der Waals surface area contributed by atoms with Gasteiger partial charge >= 0.3 is 0 Å². The number of fused-ring (bicyclic) bond motifs is 1. The lowest BCUT2D eigenvalue weighted by Gasteiger charge is -2.37. The molecule has 5 heterocycles. The Hall–Kier alpha value is -5.88. The molecule has 0 aliphatic carbocycles. The minimum absolute atomic E-state index is 0.0569. The first-order valence-corrected chi connectivity index (χ1v) is 21.5. The van der Waals surface area contributed by atoms with Crippen molar-refractivity contribution in [1.82, 2.24) is 24.5 Å². The van der Waals surface area contributed by atoms with E-state index in [-0.39, 0.29) is 5.04 Å². The van der Waals surface area contributed by atoms with Crippen molar-refractivity contribution in [3.63, 3.8) is 0 Å². The molecule has 0 saturated carbocycles. The van der Waals surface area contributed by atoms with Gasteiger partial charge in [-0.05, 0) is 95.5 Å². The highest BCUT2D eigenvalue weighted by atomic mass is 28.4. The second-order valence-electron chi connectivity index (χ2n) is 15.3. The number of rotatable bonds is 10. The molecule has 7 aromatic rings. The molecule has 10 nitrogen and oxygen atoms in total. The van der Waals surface area contributed by atoms with Gasteiger partial charge in [-0.25, -0.2) is 19.9 Å². The number of ether oxygens (including phenoxy) is 2. The lowest BCUT2D eigenvalue weighted by atomic mass is 10.0. The number of hydrogen-bond acceptors (Lipinski definition) is 9. The molecular weight excluding hydrogens is 703 g/mol. The number of nitrogens with one attached hydrogen (secondary N) is 1. The molecule has 8 rings (SSSR count). The van der Waals surface area contributed by atoms with Crippen LogP contribution in [-0.4, -0.2) is 46.0 Å². The molecule has 1 saturated heterocycles. The minimum atomic E-state index is -2.09. The highest BCUT2D eigenvalue weighted by Crippen LogP contribution is 2.42. The Morgan fingerprint density at radius 3 is 2.31 bits per heavy atom. The molecule has 0 spiro atoms. The van der Waals surface area contributed by atoms with Gasteiger partial charge in [0, 0.05) is 35.8 Å². The lowest BCUT2D eigenvalue weighted by Crippen LogP contribution is -2.44. The molecule has 1 fully saturated rings. The number of pyridine rings is 3. The van der Waals surface area contributed by atoms with Gasteiger partial charge in [0.15, 0.2) is 17.8 Å². The minimum Gasteiger partial charge on any atom is -0.543 e. The molecule has 0 unspecified atom stereocenters. The number of imidazole rings is 1. The average molecular weight is 748 g/mol. The van der Waals surface area contributed by atoms with Crippen molar-refractivity contribution in [2.45, 2.75) is 51.7 Å². The summed E-state index contributed by atoms with van der Waals surface area (Å²) in [5.74, 6) is 2.68. The first-order chi connectivity index (χ1) is 26.5. The maximum Gasteiger partial charge on any atom is 0.250 e. The Balaban J connectivity index is 1.05. The summed E-state index contributed by atoms with van der Waals surface area (Å²) in [7, 11) is -2.09. The molecule has 1 aliphatic rings. The van der Waals surface area contributed by atoms with E-state index in [1.165, 1.54) is 0 Å². The largest absolute Gasteiger partial charge is 0.543 e. The quantitative estimate of drug-likeness (QED) is 0.132. The van der Waals surface area contributed by atoms with Crippen LogP contribution >= 0.6 is 0 Å². The topological polar surface area (TPSA) is 122 Å². The summed E-state index contributed by atoms with van der Waals surface area (Å²) >= 11 is 0. The Morgan fingerprint density at radius 1 is 0.800 bits per heavy atom. The van der Waals surface area contributed by atoms with Gasteiger partial charge in [0.25, 0.3) is 0 Å². The van der Waals surface area contributed by atoms with Crippen molar-refractivity contribution < 1.29 is 13.9 Å². The van der Waals surface area contributed by atoms with E-state index in [2.05, 4.69) is 114 Å². The van der Waals surface area contributed by atoms with E-state index >= 15 is 0 Å². The Labute approximate surface area is 322 Å². The predicted molar refractivity (Wildman–Crippen MR) is 221 cm³/mol. The van der Waals surface area contributed by atoms with Crippen molar-refractivity contribution in [1.29, 1.82) is 0 Å². The lowest BCUT2D eigenvalue weighted by molar-refractivity contribution is -0.0450. The summed E-state index contributed by atoms with van der Waals surface area (Å²) in [5.41, 5.74) is 15.5. The van der Waals surface area contributed by atoms with Crippen LogP contribution in [0.25, 0.3) is 50.6 Å². The SMILES string of the molecule is CC(C)(C)[Si](C)(C)Oc1ccc(-c2ccnc(NCc3ccc(-n4c(-c5cccnc5N)nc5ccc(-c6ccccc6)nc54)cc3)c2)cc1C1OCCO1. The third-order valence-electron chi connectivity index (χ3n) is 10.5. The van der Waals surface area contributed by atoms with Crippen LogP contribution in [0.1, 0.15) is 38.2 Å². The number of nitrogens with zero attached hydrogens (tertiary/aromatic N) is 5. The van der Waals surface area contributed by atoms with Gasteiger partial charge in [-0.1, -0.05) is 69.3 Å². The van der Waals surface area contributed by atoms with E-state index in [9.17, 15) is 0 Å². The van der Waals surface area contributed by atoms with Gasteiger partial charge in [0.2, 0.25) is 8.32 Å². The average Bonchev–Trinajstić information content (AvgIpc) is 3.86. The molecule has 278 valence electrons. The molecule has 3 N–H and O–H groups in total. The molecule has 55 heavy (non-hydrogen) atoms. The smallest absolute Gasteiger partial charge is 0.250 e. The first-order valence-electron chi connectivity index (χ1n) is 18.6. The van der Waals surface area contributed by atoms with Crippen molar-refractivity contribution in [3.05, 3.63) is 133 Å². The van der Waals surface area contributed by atoms with Crippen molar-refractivity contribution in [3.8, 4) is 45.2 Å². The third kappa shape index (κ3) is 7.46. The molecule has 0 atom stereocenters. The van der Waals surface area contributed by atoms with E-state index < -0.39 is 14.6 Å². The van der Waals surface area contributed by atoms with Crippen molar-refractivity contribution in [2.75, 3.05) is 24.3 Å². The number of nitrogen functional groups attached to an aromatic ring is 1. The van der Waals surface area contributed by atoms with E-state index in [1.807, 2.05) is 54.7 Å². The zero-order valence-electron chi connectivity index (χ0n) is 31.8. The van der Waals surface area contributed by atoms with Crippen LogP contribution in [0.2, 0.25) is 18.1 Å². The van der Waals surface area contributed by atoms with Gasteiger partial charge in [-0.15, -0.1) is 0 Å². The van der Waals surface area contributed by atoms with Crippen LogP contribution in [0.15, 0.2) is 122 Å². The van der Waals surface area contributed by atoms with Crippen LogP contribution in [0.4, 0.5) is 11.6 Å². The van der Waals surface area contributed by atoms with Crippen LogP contribution in [0.5, 0.6) is 5.75 Å². The van der Waals surface area contributed by atoms with Gasteiger partial charge in [-0.3, -0.25) is 4.57 Å². The maximum atomic E-state index is 6.76. The fraction of sp³-hybridized carbons (Fsp3) is 0.227. The van der Waals surface area contributed by atoms with Crippen LogP contribution in [0, 0.1) is 0 Å². The number of hydrogen-bond donors (Lipinski definition) is 2. The van der Waals surface area contributed by atoms with Gasteiger partial charge in [0.1, 0.15) is 22.9 Å². The molecular formula is C44H45N7O3Si. The summed E-state index contributed by atoms with van der Waals surface area (Å²) in [6, 6.07) is 36.7. The Kier molecular flexibility index (Phi) is 9.68. The first kappa shape index (κ1) is 36.1. The van der Waals surface area contributed by atoms with Crippen molar-refractivity contribution >= 4 is 31.1 Å². The number of aromatic nitrogens is 5. The summed E-state index contributed by atoms with van der Waals surface area (Å²) in [4.78, 5) is 19.0. The summed E-state index contributed by atoms with van der Waals surface area (Å²) in [6.45, 7) is 12.9. The molecule has 0 bridgehead atoms. The van der Waals surface area contributed by atoms with E-state index in [0.29, 0.717) is 31.4 Å². The Morgan fingerprint density at radius 2 is 1.56 bits per heavy atom.